The normalized spacial score (nSPS) is 52.6. The molecular weight excluding hydrogens is 234 g/mol. The Morgan fingerprint density at radius 2 is 1.63 bits per heavy atom. The van der Waals surface area contributed by atoms with Crippen molar-refractivity contribution < 1.29 is 5.11 Å². The Kier molecular flexibility index (Phi) is 3.35. The van der Waals surface area contributed by atoms with Gasteiger partial charge in [-0.2, -0.15) is 0 Å². The highest BCUT2D eigenvalue weighted by Gasteiger charge is 2.53. The summed E-state index contributed by atoms with van der Waals surface area (Å²) < 4.78 is 0. The Morgan fingerprint density at radius 1 is 0.842 bits per heavy atom. The van der Waals surface area contributed by atoms with Crippen LogP contribution in [0.3, 0.4) is 0 Å². The SMILES string of the molecule is OC1CCC(CNC2CC3CC2C2CCCC32)CC1. The molecule has 5 atom stereocenters. The van der Waals surface area contributed by atoms with Crippen LogP contribution in [-0.4, -0.2) is 23.8 Å². The van der Waals surface area contributed by atoms with Crippen LogP contribution in [0.4, 0.5) is 0 Å². The lowest BCUT2D eigenvalue weighted by atomic mass is 9.79. The van der Waals surface area contributed by atoms with E-state index in [1.165, 1.54) is 45.1 Å². The number of fused-ring (bicyclic) bond motifs is 5. The summed E-state index contributed by atoms with van der Waals surface area (Å²) >= 11 is 0. The molecule has 0 radical (unpaired) electrons. The first kappa shape index (κ1) is 12.6. The van der Waals surface area contributed by atoms with Crippen molar-refractivity contribution in [2.75, 3.05) is 6.54 Å². The van der Waals surface area contributed by atoms with E-state index in [4.69, 9.17) is 0 Å². The number of aliphatic hydroxyl groups is 1. The molecule has 19 heavy (non-hydrogen) atoms. The molecule has 0 aromatic heterocycles. The maximum atomic E-state index is 9.57. The quantitative estimate of drug-likeness (QED) is 0.820. The number of aliphatic hydroxyl groups excluding tert-OH is 1. The summed E-state index contributed by atoms with van der Waals surface area (Å²) in [6.45, 7) is 1.22. The molecule has 4 fully saturated rings. The summed E-state index contributed by atoms with van der Waals surface area (Å²) in [6.07, 6.45) is 12.1. The van der Waals surface area contributed by atoms with Crippen LogP contribution in [0.2, 0.25) is 0 Å². The Bertz CT molecular complexity index is 323. The molecule has 0 aliphatic heterocycles. The zero-order valence-corrected chi connectivity index (χ0v) is 12.1. The van der Waals surface area contributed by atoms with Crippen molar-refractivity contribution in [3.8, 4) is 0 Å². The number of hydrogen-bond acceptors (Lipinski definition) is 2. The van der Waals surface area contributed by atoms with Crippen molar-refractivity contribution in [3.63, 3.8) is 0 Å². The van der Waals surface area contributed by atoms with Gasteiger partial charge in [-0.25, -0.2) is 0 Å². The van der Waals surface area contributed by atoms with Gasteiger partial charge in [-0.3, -0.25) is 0 Å². The number of hydrogen-bond donors (Lipinski definition) is 2. The van der Waals surface area contributed by atoms with E-state index in [1.54, 1.807) is 6.42 Å². The van der Waals surface area contributed by atoms with E-state index in [9.17, 15) is 5.11 Å². The van der Waals surface area contributed by atoms with Crippen molar-refractivity contribution in [2.24, 2.45) is 29.6 Å². The van der Waals surface area contributed by atoms with Crippen LogP contribution < -0.4 is 5.32 Å². The summed E-state index contributed by atoms with van der Waals surface area (Å²) in [5.74, 6) is 5.13. The molecule has 4 aliphatic carbocycles. The summed E-state index contributed by atoms with van der Waals surface area (Å²) in [4.78, 5) is 0. The summed E-state index contributed by atoms with van der Waals surface area (Å²) in [5, 5.41) is 13.5. The van der Waals surface area contributed by atoms with Crippen LogP contribution in [0.25, 0.3) is 0 Å². The lowest BCUT2D eigenvalue weighted by Crippen LogP contribution is -2.42. The fourth-order valence-corrected chi connectivity index (χ4v) is 5.97. The largest absolute Gasteiger partial charge is 0.393 e. The molecule has 0 aromatic rings. The van der Waals surface area contributed by atoms with Crippen LogP contribution in [0.1, 0.15) is 57.8 Å². The van der Waals surface area contributed by atoms with Gasteiger partial charge in [0.15, 0.2) is 0 Å². The predicted molar refractivity (Wildman–Crippen MR) is 76.8 cm³/mol. The highest BCUT2D eigenvalue weighted by Crippen LogP contribution is 2.58. The standard InChI is InChI=1S/C17H29NO/c19-13-6-4-11(5-7-13)10-18-17-9-12-8-16(17)15-3-1-2-14(12)15/h11-19H,1-10H2. The van der Waals surface area contributed by atoms with Crippen molar-refractivity contribution in [3.05, 3.63) is 0 Å². The Hall–Kier alpha value is -0.0800. The molecule has 4 saturated carbocycles. The van der Waals surface area contributed by atoms with Crippen LogP contribution in [0.15, 0.2) is 0 Å². The topological polar surface area (TPSA) is 32.3 Å². The maximum Gasteiger partial charge on any atom is 0.0540 e. The minimum absolute atomic E-state index is 0.00186. The van der Waals surface area contributed by atoms with Gasteiger partial charge in [-0.05, 0) is 87.5 Å². The van der Waals surface area contributed by atoms with Crippen molar-refractivity contribution >= 4 is 0 Å². The summed E-state index contributed by atoms with van der Waals surface area (Å²) in [7, 11) is 0. The first-order chi connectivity index (χ1) is 9.31. The third kappa shape index (κ3) is 2.25. The first-order valence-electron chi connectivity index (χ1n) is 8.72. The fourth-order valence-electron chi connectivity index (χ4n) is 5.97. The predicted octanol–water partition coefficient (Wildman–Crippen LogP) is 2.95. The van der Waals surface area contributed by atoms with Crippen molar-refractivity contribution in [1.29, 1.82) is 0 Å². The van der Waals surface area contributed by atoms with Crippen LogP contribution in [-0.2, 0) is 0 Å². The third-order valence-electron chi connectivity index (χ3n) is 6.91. The molecular formula is C17H29NO. The first-order valence-corrected chi connectivity index (χ1v) is 8.72. The monoisotopic (exact) mass is 263 g/mol. The third-order valence-corrected chi connectivity index (χ3v) is 6.91. The summed E-state index contributed by atoms with van der Waals surface area (Å²) in [6, 6.07) is 0.844. The van der Waals surface area contributed by atoms with Gasteiger partial charge in [0.2, 0.25) is 0 Å². The van der Waals surface area contributed by atoms with Crippen molar-refractivity contribution in [2.45, 2.75) is 69.9 Å². The average molecular weight is 263 g/mol. The fraction of sp³-hybridized carbons (Fsp3) is 1.00. The van der Waals surface area contributed by atoms with Gasteiger partial charge in [0.05, 0.1) is 6.10 Å². The van der Waals surface area contributed by atoms with Gasteiger partial charge < -0.3 is 10.4 Å². The molecule has 0 aromatic carbocycles. The second-order valence-electron chi connectivity index (χ2n) is 7.84. The van der Waals surface area contributed by atoms with E-state index in [2.05, 4.69) is 5.32 Å². The molecule has 2 nitrogen and oxygen atoms in total. The Labute approximate surface area is 117 Å². The van der Waals surface area contributed by atoms with Gasteiger partial charge in [0.1, 0.15) is 0 Å². The Balaban J connectivity index is 1.28. The molecule has 0 amide bonds. The van der Waals surface area contributed by atoms with E-state index in [0.717, 1.165) is 48.5 Å². The Morgan fingerprint density at radius 3 is 2.47 bits per heavy atom. The molecule has 0 heterocycles. The molecule has 4 rings (SSSR count). The molecule has 4 aliphatic rings. The smallest absolute Gasteiger partial charge is 0.0540 e. The van der Waals surface area contributed by atoms with Crippen LogP contribution in [0, 0.1) is 29.6 Å². The average Bonchev–Trinajstić information content (AvgIpc) is 3.10. The van der Waals surface area contributed by atoms with Gasteiger partial charge in [-0.1, -0.05) is 6.42 Å². The number of rotatable bonds is 3. The van der Waals surface area contributed by atoms with Crippen LogP contribution in [0.5, 0.6) is 0 Å². The highest BCUT2D eigenvalue weighted by atomic mass is 16.3. The van der Waals surface area contributed by atoms with E-state index < -0.39 is 0 Å². The molecule has 5 unspecified atom stereocenters. The second-order valence-corrected chi connectivity index (χ2v) is 7.84. The minimum Gasteiger partial charge on any atom is -0.393 e. The van der Waals surface area contributed by atoms with Crippen LogP contribution >= 0.6 is 0 Å². The maximum absolute atomic E-state index is 9.57. The van der Waals surface area contributed by atoms with Gasteiger partial charge in [0.25, 0.3) is 0 Å². The zero-order chi connectivity index (χ0) is 12.8. The molecule has 2 heteroatoms. The van der Waals surface area contributed by atoms with E-state index in [-0.39, 0.29) is 6.10 Å². The summed E-state index contributed by atoms with van der Waals surface area (Å²) in [5.41, 5.74) is 0. The molecule has 2 N–H and O–H groups in total. The molecule has 0 saturated heterocycles. The van der Waals surface area contributed by atoms with E-state index in [1.807, 2.05) is 0 Å². The van der Waals surface area contributed by atoms with E-state index >= 15 is 0 Å². The molecule has 0 spiro atoms. The van der Waals surface area contributed by atoms with Gasteiger partial charge >= 0.3 is 0 Å². The van der Waals surface area contributed by atoms with Gasteiger partial charge in [0, 0.05) is 6.04 Å². The minimum atomic E-state index is -0.00186. The molecule has 108 valence electrons. The van der Waals surface area contributed by atoms with E-state index in [0.29, 0.717) is 0 Å². The lowest BCUT2D eigenvalue weighted by molar-refractivity contribution is 0.105. The lowest BCUT2D eigenvalue weighted by Gasteiger charge is -2.34. The molecule has 2 bridgehead atoms. The second kappa shape index (κ2) is 5.04. The zero-order valence-electron chi connectivity index (χ0n) is 12.1. The van der Waals surface area contributed by atoms with Crippen molar-refractivity contribution in [1.82, 2.24) is 5.32 Å². The highest BCUT2D eigenvalue weighted by molar-refractivity contribution is 5.05. The number of nitrogens with one attached hydrogen (secondary N) is 1. The van der Waals surface area contributed by atoms with Gasteiger partial charge in [-0.15, -0.1) is 0 Å².